The monoisotopic (exact) mass is 989 g/mol. The Bertz CT molecular complexity index is 3200. The molecule has 0 saturated carbocycles. The number of benzene rings is 4. The van der Waals surface area contributed by atoms with Crippen LogP contribution in [0.25, 0.3) is 21.5 Å². The van der Waals surface area contributed by atoms with Crippen molar-refractivity contribution in [3.8, 4) is 0 Å². The van der Waals surface area contributed by atoms with Gasteiger partial charge in [0.05, 0.1) is 21.0 Å². The number of aliphatic carboxylic acids is 1. The fourth-order valence-electron chi connectivity index (χ4n) is 9.53. The van der Waals surface area contributed by atoms with E-state index in [2.05, 4.69) is 0 Å². The average Bonchev–Trinajstić information content (AvgIpc) is 3.61. The molecule has 2 atom stereocenters. The van der Waals surface area contributed by atoms with Gasteiger partial charge >= 0.3 is 5.97 Å². The molecule has 356 valence electrons. The number of fused-ring (bicyclic) bond motifs is 6. The molecule has 4 aromatic carbocycles. The maximum Gasteiger partial charge on any atom is 0.303 e. The van der Waals surface area contributed by atoms with Gasteiger partial charge in [-0.2, -0.15) is 38.2 Å². The normalized spacial score (nSPS) is 19.9. The second-order valence-electron chi connectivity index (χ2n) is 16.8. The lowest BCUT2D eigenvalue weighted by Gasteiger charge is -2.30. The zero-order valence-corrected chi connectivity index (χ0v) is 40.0. The average molecular weight is 990 g/mol. The number of nitrogens with zero attached hydrogens (tertiary/aromatic N) is 2. The van der Waals surface area contributed by atoms with Crippen molar-refractivity contribution in [1.82, 2.24) is 0 Å². The number of unbranched alkanes of at least 4 members (excludes halogenated alkanes) is 2. The maximum atomic E-state index is 12.7. The summed E-state index contributed by atoms with van der Waals surface area (Å²) in [7, 11) is -17.4. The van der Waals surface area contributed by atoms with E-state index in [-0.39, 0.29) is 41.5 Å². The summed E-state index contributed by atoms with van der Waals surface area (Å²) in [6.07, 6.45) is 11.1. The van der Waals surface area contributed by atoms with Crippen molar-refractivity contribution in [3.05, 3.63) is 102 Å². The van der Waals surface area contributed by atoms with Crippen LogP contribution in [-0.2, 0) is 60.8 Å². The third kappa shape index (κ3) is 10.3. The maximum absolute atomic E-state index is 12.7. The molecule has 2 heterocycles. The Morgan fingerprint density at radius 1 is 0.727 bits per heavy atom. The van der Waals surface area contributed by atoms with Gasteiger partial charge in [0.25, 0.3) is 40.5 Å². The molecule has 6 rings (SSSR count). The summed E-state index contributed by atoms with van der Waals surface area (Å²) in [4.78, 5) is 11.5. The molecule has 2 aliphatic rings. The Labute approximate surface area is 384 Å². The Balaban J connectivity index is 1.50. The van der Waals surface area contributed by atoms with Gasteiger partial charge in [-0.15, -0.1) is 0 Å². The first-order valence-corrected chi connectivity index (χ1v) is 26.9. The summed E-state index contributed by atoms with van der Waals surface area (Å²) in [5, 5.41) is 10.6. The van der Waals surface area contributed by atoms with Crippen LogP contribution in [-0.4, -0.2) is 106 Å². The van der Waals surface area contributed by atoms with Crippen LogP contribution < -0.4 is 4.90 Å². The second-order valence-corrected chi connectivity index (χ2v) is 22.6. The lowest BCUT2D eigenvalue weighted by molar-refractivity contribution is -0.433. The summed E-state index contributed by atoms with van der Waals surface area (Å²) < 4.78 is 146. The first-order chi connectivity index (χ1) is 30.8. The van der Waals surface area contributed by atoms with Crippen LogP contribution in [0.2, 0.25) is 0 Å². The van der Waals surface area contributed by atoms with Crippen molar-refractivity contribution in [2.45, 2.75) is 91.2 Å². The van der Waals surface area contributed by atoms with Gasteiger partial charge < -0.3 is 14.7 Å². The van der Waals surface area contributed by atoms with E-state index in [1.54, 1.807) is 30.4 Å². The first-order valence-electron chi connectivity index (χ1n) is 21.0. The molecule has 21 heteroatoms. The quantitative estimate of drug-likeness (QED) is 0.0253. The van der Waals surface area contributed by atoms with Crippen LogP contribution in [0.3, 0.4) is 0 Å². The minimum atomic E-state index is -5.00. The lowest BCUT2D eigenvalue weighted by atomic mass is 9.74. The smallest absolute Gasteiger partial charge is 0.303 e. The zero-order chi connectivity index (χ0) is 48.6. The minimum Gasteiger partial charge on any atom is -0.481 e. The molecule has 4 aromatic rings. The highest BCUT2D eigenvalue weighted by molar-refractivity contribution is 7.87. The minimum absolute atomic E-state index is 0.0186. The van der Waals surface area contributed by atoms with E-state index in [4.69, 9.17) is 4.74 Å². The van der Waals surface area contributed by atoms with E-state index in [9.17, 15) is 61.8 Å². The highest BCUT2D eigenvalue weighted by atomic mass is 32.2. The van der Waals surface area contributed by atoms with Crippen LogP contribution in [0, 0.1) is 0 Å². The van der Waals surface area contributed by atoms with E-state index in [1.165, 1.54) is 31.4 Å². The Kier molecular flexibility index (Phi) is 14.6. The number of rotatable bonds is 20. The number of allylic oxidation sites excluding steroid dienone is 6. The predicted molar refractivity (Wildman–Crippen MR) is 249 cm³/mol. The highest BCUT2D eigenvalue weighted by Gasteiger charge is 2.49. The van der Waals surface area contributed by atoms with Gasteiger partial charge in [-0.1, -0.05) is 36.8 Å². The summed E-state index contributed by atoms with van der Waals surface area (Å²) in [6.45, 7) is 6.76. The van der Waals surface area contributed by atoms with Gasteiger partial charge in [0.15, 0.2) is 5.71 Å². The molecule has 0 bridgehead atoms. The van der Waals surface area contributed by atoms with Gasteiger partial charge in [0.2, 0.25) is 5.69 Å². The number of methoxy groups -OCH3 is 1. The van der Waals surface area contributed by atoms with Crippen molar-refractivity contribution < 1.29 is 71.1 Å². The number of anilines is 1. The fourth-order valence-corrected chi connectivity index (χ4v) is 11.9. The lowest BCUT2D eigenvalue weighted by Crippen LogP contribution is -2.32. The van der Waals surface area contributed by atoms with E-state index in [0.717, 1.165) is 11.4 Å². The number of carboxylic acid groups (broad SMARTS) is 1. The molecule has 2 unspecified atom stereocenters. The van der Waals surface area contributed by atoms with E-state index in [0.29, 0.717) is 78.1 Å². The van der Waals surface area contributed by atoms with Gasteiger partial charge in [-0.25, -0.2) is 0 Å². The molecular weight excluding hydrogens is 937 g/mol. The molecule has 0 fully saturated rings. The second kappa shape index (κ2) is 19.0. The SMILES string of the molecule is CC[N+]1=C(/C=C/C=C/C=C2/N(CCCCCC(=O)O)c3ccc4c(S(=O)(=O)O)cc(S(=O)(=O)O)cc4c3C2(C)CCOC)C(C)(CCCS(=O)(=O)O)c2c1ccc1ccc(S(=O)(=O)O)cc21. The van der Waals surface area contributed by atoms with Gasteiger partial charge in [-0.05, 0) is 117 Å². The zero-order valence-electron chi connectivity index (χ0n) is 36.7. The van der Waals surface area contributed by atoms with E-state index < -0.39 is 72.8 Å². The highest BCUT2D eigenvalue weighted by Crippen LogP contribution is 2.54. The van der Waals surface area contributed by atoms with Gasteiger partial charge in [-0.3, -0.25) is 23.0 Å². The number of carboxylic acids is 1. The molecule has 5 N–H and O–H groups in total. The van der Waals surface area contributed by atoms with E-state index in [1.807, 2.05) is 54.5 Å². The van der Waals surface area contributed by atoms with Crippen molar-refractivity contribution >= 4 is 85.1 Å². The van der Waals surface area contributed by atoms with Crippen LogP contribution in [0.15, 0.2) is 105 Å². The van der Waals surface area contributed by atoms with Crippen molar-refractivity contribution in [2.24, 2.45) is 0 Å². The number of ether oxygens (including phenoxy) is 1. The van der Waals surface area contributed by atoms with Crippen LogP contribution >= 0.6 is 0 Å². The standard InChI is InChI=1S/C45H52N2O15S4/c1-5-46-36-20-17-30-16-18-31(64(53,54)55)27-34(30)42(36)44(2,22-12-26-63(50,51)52)39(46)13-8-6-9-14-40-45(3,23-25-62-4)43-35-28-32(65(56,57)58)29-38(66(59,60)61)33(35)19-21-37(43)47(40)24-11-7-10-15-41(48)49/h6,8-9,13-14,16-21,27-29H,5,7,10-12,15,22-26H2,1-4H3,(H4-,48,49,50,51,52,53,54,55,56,57,58,59,60,61)/p+1. The fraction of sp³-hybridized carbons (Fsp3) is 0.378. The third-order valence-corrected chi connectivity index (χ3v) is 15.9. The molecule has 0 saturated heterocycles. The predicted octanol–water partition coefficient (Wildman–Crippen LogP) is 7.23. The Hall–Kier alpha value is -4.84. The summed E-state index contributed by atoms with van der Waals surface area (Å²) in [6, 6.07) is 13.0. The Morgan fingerprint density at radius 2 is 1.41 bits per heavy atom. The molecule has 0 amide bonds. The van der Waals surface area contributed by atoms with Crippen LogP contribution in [0.1, 0.15) is 76.8 Å². The number of hydrogen-bond donors (Lipinski definition) is 5. The molecular formula is C45H53N2O15S4+. The van der Waals surface area contributed by atoms with Gasteiger partial charge in [0.1, 0.15) is 11.4 Å². The topological polar surface area (TPSA) is 270 Å². The summed E-state index contributed by atoms with van der Waals surface area (Å²) in [5.74, 6) is -1.44. The van der Waals surface area contributed by atoms with Gasteiger partial charge in [0, 0.05) is 66.6 Å². The van der Waals surface area contributed by atoms with Crippen molar-refractivity contribution in [1.29, 1.82) is 0 Å². The summed E-state index contributed by atoms with van der Waals surface area (Å²) >= 11 is 0. The molecule has 0 spiro atoms. The third-order valence-electron chi connectivity index (χ3n) is 12.5. The van der Waals surface area contributed by atoms with Crippen molar-refractivity contribution in [3.63, 3.8) is 0 Å². The largest absolute Gasteiger partial charge is 0.481 e. The number of hydrogen-bond acceptors (Lipinski definition) is 11. The molecule has 2 aliphatic heterocycles. The summed E-state index contributed by atoms with van der Waals surface area (Å²) in [5.41, 5.74) is 2.06. The van der Waals surface area contributed by atoms with Crippen molar-refractivity contribution in [2.75, 3.05) is 37.5 Å². The van der Waals surface area contributed by atoms with Crippen LogP contribution in [0.5, 0.6) is 0 Å². The molecule has 17 nitrogen and oxygen atoms in total. The number of carbonyl (C=O) groups is 1. The first kappa shape index (κ1) is 50.6. The Morgan fingerprint density at radius 3 is 2.03 bits per heavy atom. The van der Waals surface area contributed by atoms with E-state index >= 15 is 0 Å². The molecule has 66 heavy (non-hydrogen) atoms. The molecule has 0 aliphatic carbocycles. The molecule has 0 aromatic heterocycles. The van der Waals surface area contributed by atoms with Crippen LogP contribution in [0.4, 0.5) is 11.4 Å². The molecule has 0 radical (unpaired) electrons.